The fraction of sp³-hybridized carbons (Fsp3) is 0.351. The van der Waals surface area contributed by atoms with Crippen LogP contribution in [0, 0.1) is 17.3 Å². The molecule has 8 heteroatoms. The van der Waals surface area contributed by atoms with Crippen molar-refractivity contribution in [3.8, 4) is 28.3 Å². The largest absolute Gasteiger partial charge is 0.469 e. The number of benzene rings is 2. The van der Waals surface area contributed by atoms with Crippen molar-refractivity contribution >= 4 is 23.0 Å². The van der Waals surface area contributed by atoms with E-state index in [1.807, 2.05) is 42.5 Å². The zero-order valence-electron chi connectivity index (χ0n) is 26.2. The number of pyridine rings is 2. The molecule has 230 valence electrons. The van der Waals surface area contributed by atoms with Crippen molar-refractivity contribution in [3.05, 3.63) is 90.6 Å². The first kappa shape index (κ1) is 29.2. The normalized spacial score (nSPS) is 20.2. The molecule has 3 aromatic heterocycles. The molecule has 45 heavy (non-hydrogen) atoms. The molecule has 0 spiro atoms. The third-order valence-corrected chi connectivity index (χ3v) is 9.86. The van der Waals surface area contributed by atoms with E-state index >= 15 is 0 Å². The Kier molecular flexibility index (Phi) is 7.61. The molecule has 2 aliphatic rings. The standard InChI is InChI=1S/C37H40N6O2/c1-37(2)20-24(11-16-30(37)36(44)45-3)21-42-22-27(23-42)25-12-14-28(15-13-25)43-34(29-10-7-19-39-33(29)38)41-32-18-17-31(40-35(32)43)26-8-5-4-6-9-26/h4-10,12-15,17-19,24,27,30H,11,16,20-23H2,1-3H3,(H2,38,39). The summed E-state index contributed by atoms with van der Waals surface area (Å²) in [4.78, 5) is 29.2. The molecule has 2 atom stereocenters. The number of ether oxygens (including phenoxy) is 1. The molecule has 1 aliphatic heterocycles. The SMILES string of the molecule is COC(=O)C1CCC(CN2CC(c3ccc(-n4c(-c5cccnc5N)nc5ccc(-c6ccccc6)nc54)cc3)C2)CC1(C)C. The Morgan fingerprint density at radius 2 is 1.73 bits per heavy atom. The van der Waals surface area contributed by atoms with Gasteiger partial charge in [-0.2, -0.15) is 0 Å². The monoisotopic (exact) mass is 600 g/mol. The molecule has 7 rings (SSSR count). The summed E-state index contributed by atoms with van der Waals surface area (Å²) in [6, 6.07) is 26.9. The van der Waals surface area contributed by atoms with E-state index in [0.717, 1.165) is 78.4 Å². The van der Waals surface area contributed by atoms with Crippen molar-refractivity contribution < 1.29 is 9.53 Å². The summed E-state index contributed by atoms with van der Waals surface area (Å²) in [6.07, 6.45) is 4.76. The Bertz CT molecular complexity index is 1830. The zero-order valence-corrected chi connectivity index (χ0v) is 26.2. The lowest BCUT2D eigenvalue weighted by molar-refractivity contribution is -0.152. The molecule has 0 bridgehead atoms. The van der Waals surface area contributed by atoms with Crippen LogP contribution >= 0.6 is 0 Å². The van der Waals surface area contributed by atoms with E-state index in [4.69, 9.17) is 20.4 Å². The van der Waals surface area contributed by atoms with Gasteiger partial charge < -0.3 is 15.4 Å². The van der Waals surface area contributed by atoms with Crippen LogP contribution in [0.5, 0.6) is 0 Å². The van der Waals surface area contributed by atoms with Crippen molar-refractivity contribution in [1.82, 2.24) is 24.4 Å². The van der Waals surface area contributed by atoms with Crippen molar-refractivity contribution in [2.45, 2.75) is 39.0 Å². The van der Waals surface area contributed by atoms with Crippen LogP contribution in [0.15, 0.2) is 85.1 Å². The maximum absolute atomic E-state index is 12.3. The van der Waals surface area contributed by atoms with Crippen molar-refractivity contribution in [1.29, 1.82) is 0 Å². The quantitative estimate of drug-likeness (QED) is 0.206. The molecular formula is C37H40N6O2. The lowest BCUT2D eigenvalue weighted by Gasteiger charge is -2.46. The Morgan fingerprint density at radius 3 is 2.44 bits per heavy atom. The number of imidazole rings is 1. The number of nitrogens with two attached hydrogens (primary N) is 1. The van der Waals surface area contributed by atoms with Crippen LogP contribution in [0.25, 0.3) is 39.5 Å². The summed E-state index contributed by atoms with van der Waals surface area (Å²) < 4.78 is 7.18. The van der Waals surface area contributed by atoms with Gasteiger partial charge in [-0.05, 0) is 72.6 Å². The summed E-state index contributed by atoms with van der Waals surface area (Å²) in [7, 11) is 1.50. The molecule has 2 N–H and O–H groups in total. The minimum atomic E-state index is -0.0574. The first-order valence-corrected chi connectivity index (χ1v) is 15.9. The number of nitrogens with zero attached hydrogens (tertiary/aromatic N) is 5. The Balaban J connectivity index is 1.11. The van der Waals surface area contributed by atoms with Crippen LogP contribution in [0.1, 0.15) is 44.6 Å². The van der Waals surface area contributed by atoms with Gasteiger partial charge in [-0.1, -0.05) is 56.3 Å². The second-order valence-electron chi connectivity index (χ2n) is 13.3. The first-order chi connectivity index (χ1) is 21.8. The van der Waals surface area contributed by atoms with Gasteiger partial charge in [0.1, 0.15) is 11.3 Å². The minimum Gasteiger partial charge on any atom is -0.469 e. The Morgan fingerprint density at radius 1 is 0.956 bits per heavy atom. The highest BCUT2D eigenvalue weighted by atomic mass is 16.5. The van der Waals surface area contributed by atoms with E-state index in [1.54, 1.807) is 6.20 Å². The van der Waals surface area contributed by atoms with Crippen LogP contribution in [0.4, 0.5) is 5.82 Å². The smallest absolute Gasteiger partial charge is 0.309 e. The first-order valence-electron chi connectivity index (χ1n) is 15.9. The number of carbonyl (C=O) groups excluding carboxylic acids is 1. The molecule has 2 unspecified atom stereocenters. The summed E-state index contributed by atoms with van der Waals surface area (Å²) >= 11 is 0. The van der Waals surface area contributed by atoms with Gasteiger partial charge in [0.05, 0.1) is 24.3 Å². The van der Waals surface area contributed by atoms with Gasteiger partial charge >= 0.3 is 5.97 Å². The number of fused-ring (bicyclic) bond motifs is 1. The van der Waals surface area contributed by atoms with E-state index in [-0.39, 0.29) is 17.3 Å². The van der Waals surface area contributed by atoms with Gasteiger partial charge in [0.25, 0.3) is 0 Å². The molecule has 4 heterocycles. The molecule has 1 saturated carbocycles. The molecule has 2 fully saturated rings. The third kappa shape index (κ3) is 5.59. The van der Waals surface area contributed by atoms with Crippen LogP contribution in [0.2, 0.25) is 0 Å². The van der Waals surface area contributed by atoms with Gasteiger partial charge in [-0.3, -0.25) is 9.36 Å². The van der Waals surface area contributed by atoms with Crippen LogP contribution in [-0.2, 0) is 9.53 Å². The highest BCUT2D eigenvalue weighted by Gasteiger charge is 2.42. The van der Waals surface area contributed by atoms with Crippen LogP contribution in [0.3, 0.4) is 0 Å². The highest BCUT2D eigenvalue weighted by molar-refractivity contribution is 5.84. The number of hydrogen-bond acceptors (Lipinski definition) is 7. The van der Waals surface area contributed by atoms with E-state index in [0.29, 0.717) is 17.7 Å². The van der Waals surface area contributed by atoms with Crippen molar-refractivity contribution in [3.63, 3.8) is 0 Å². The number of likely N-dealkylation sites (tertiary alicyclic amines) is 1. The summed E-state index contributed by atoms with van der Waals surface area (Å²) in [6.45, 7) is 7.65. The molecule has 1 aliphatic carbocycles. The number of methoxy groups -OCH3 is 1. The number of anilines is 1. The van der Waals surface area contributed by atoms with E-state index in [1.165, 1.54) is 12.7 Å². The van der Waals surface area contributed by atoms with Gasteiger partial charge in [0.2, 0.25) is 0 Å². The molecule has 8 nitrogen and oxygen atoms in total. The van der Waals surface area contributed by atoms with Crippen LogP contribution < -0.4 is 5.73 Å². The Hall–Kier alpha value is -4.56. The van der Waals surface area contributed by atoms with Gasteiger partial charge in [0, 0.05) is 43.0 Å². The second kappa shape index (κ2) is 11.7. The van der Waals surface area contributed by atoms with Crippen LogP contribution in [-0.4, -0.2) is 57.1 Å². The number of rotatable bonds is 7. The number of esters is 1. The number of aromatic nitrogens is 4. The third-order valence-electron chi connectivity index (χ3n) is 9.86. The Labute approximate surface area is 264 Å². The summed E-state index contributed by atoms with van der Waals surface area (Å²) in [5, 5.41) is 0. The predicted molar refractivity (Wildman–Crippen MR) is 178 cm³/mol. The van der Waals surface area contributed by atoms with Gasteiger partial charge in [-0.25, -0.2) is 15.0 Å². The topological polar surface area (TPSA) is 99.2 Å². The van der Waals surface area contributed by atoms with Gasteiger partial charge in [0.15, 0.2) is 11.5 Å². The van der Waals surface area contributed by atoms with Crippen molar-refractivity contribution in [2.75, 3.05) is 32.5 Å². The molecule has 0 radical (unpaired) electrons. The molecule has 2 aromatic carbocycles. The van der Waals surface area contributed by atoms with Gasteiger partial charge in [-0.15, -0.1) is 0 Å². The maximum Gasteiger partial charge on any atom is 0.309 e. The fourth-order valence-corrected chi connectivity index (χ4v) is 7.47. The molecule has 0 amide bonds. The molecular weight excluding hydrogens is 560 g/mol. The number of carbonyl (C=O) groups is 1. The highest BCUT2D eigenvalue weighted by Crippen LogP contribution is 2.45. The van der Waals surface area contributed by atoms with E-state index < -0.39 is 0 Å². The number of hydrogen-bond donors (Lipinski definition) is 1. The second-order valence-corrected chi connectivity index (χ2v) is 13.3. The predicted octanol–water partition coefficient (Wildman–Crippen LogP) is 6.75. The summed E-state index contributed by atoms with van der Waals surface area (Å²) in [5.41, 5.74) is 13.0. The lowest BCUT2D eigenvalue weighted by atomic mass is 9.65. The maximum atomic E-state index is 12.3. The van der Waals surface area contributed by atoms with E-state index in [2.05, 4.69) is 64.7 Å². The average molecular weight is 601 g/mol. The zero-order chi connectivity index (χ0) is 31.1. The lowest BCUT2D eigenvalue weighted by Crippen LogP contribution is -2.49. The molecule has 1 saturated heterocycles. The van der Waals surface area contributed by atoms with Crippen molar-refractivity contribution in [2.24, 2.45) is 17.3 Å². The minimum absolute atomic E-state index is 0.00394. The fourth-order valence-electron chi connectivity index (χ4n) is 7.47. The average Bonchev–Trinajstić information content (AvgIpc) is 3.41. The number of nitrogen functional groups attached to an aromatic ring is 1. The van der Waals surface area contributed by atoms with E-state index in [9.17, 15) is 4.79 Å². The summed E-state index contributed by atoms with van der Waals surface area (Å²) in [5.74, 6) is 2.23. The molecule has 5 aromatic rings.